The van der Waals surface area contributed by atoms with Crippen molar-refractivity contribution in [2.75, 3.05) is 31.6 Å². The SMILES string of the molecule is CCCn1c(C)cc(-c2csc(NC(=O)CC3(CC(=O)N4CCOCC4)CCCC3)n2)c1C. The second-order valence-corrected chi connectivity index (χ2v) is 10.4. The van der Waals surface area contributed by atoms with Crippen LogP contribution in [-0.2, 0) is 20.9 Å². The predicted octanol–water partition coefficient (Wildman–Crippen LogP) is 4.78. The molecule has 2 fully saturated rings. The van der Waals surface area contributed by atoms with E-state index in [4.69, 9.17) is 9.72 Å². The number of carbonyl (C=O) groups excluding carboxylic acids is 2. The van der Waals surface area contributed by atoms with Gasteiger partial charge in [0.15, 0.2) is 5.13 Å². The number of aryl methyl sites for hydroxylation is 1. The van der Waals surface area contributed by atoms with Crippen LogP contribution in [0, 0.1) is 19.3 Å². The van der Waals surface area contributed by atoms with Gasteiger partial charge in [-0.25, -0.2) is 4.98 Å². The van der Waals surface area contributed by atoms with E-state index in [9.17, 15) is 9.59 Å². The normalized spacial score (nSPS) is 18.0. The summed E-state index contributed by atoms with van der Waals surface area (Å²) in [6.45, 7) is 9.95. The highest BCUT2D eigenvalue weighted by Gasteiger charge is 2.39. The van der Waals surface area contributed by atoms with Crippen LogP contribution in [-0.4, -0.2) is 52.6 Å². The largest absolute Gasteiger partial charge is 0.378 e. The minimum absolute atomic E-state index is 0.0379. The van der Waals surface area contributed by atoms with Crippen molar-refractivity contribution in [3.8, 4) is 11.3 Å². The summed E-state index contributed by atoms with van der Waals surface area (Å²) in [6, 6.07) is 2.18. The highest BCUT2D eigenvalue weighted by molar-refractivity contribution is 7.14. The average Bonchev–Trinajstić information content (AvgIpc) is 3.51. The number of aromatic nitrogens is 2. The van der Waals surface area contributed by atoms with E-state index >= 15 is 0 Å². The molecule has 1 aliphatic heterocycles. The van der Waals surface area contributed by atoms with Crippen molar-refractivity contribution in [2.24, 2.45) is 5.41 Å². The predicted molar refractivity (Wildman–Crippen MR) is 131 cm³/mol. The number of carbonyl (C=O) groups is 2. The highest BCUT2D eigenvalue weighted by atomic mass is 32.1. The number of rotatable bonds is 8. The average molecular weight is 473 g/mol. The molecular formula is C25H36N4O3S. The van der Waals surface area contributed by atoms with Gasteiger partial charge in [-0.3, -0.25) is 9.59 Å². The zero-order chi connectivity index (χ0) is 23.4. The maximum Gasteiger partial charge on any atom is 0.226 e. The number of ether oxygens (including phenoxy) is 1. The van der Waals surface area contributed by atoms with Crippen molar-refractivity contribution in [1.82, 2.24) is 14.5 Å². The Hall–Kier alpha value is -2.19. The molecule has 4 rings (SSSR count). The van der Waals surface area contributed by atoms with E-state index in [2.05, 4.69) is 36.7 Å². The highest BCUT2D eigenvalue weighted by Crippen LogP contribution is 2.45. The molecule has 0 spiro atoms. The Balaban J connectivity index is 1.40. The molecule has 2 aromatic heterocycles. The fourth-order valence-electron chi connectivity index (χ4n) is 5.37. The molecule has 0 radical (unpaired) electrons. The minimum atomic E-state index is -0.232. The van der Waals surface area contributed by atoms with E-state index in [1.165, 1.54) is 22.7 Å². The molecule has 1 saturated carbocycles. The van der Waals surface area contributed by atoms with Gasteiger partial charge in [0.25, 0.3) is 0 Å². The van der Waals surface area contributed by atoms with Gasteiger partial charge in [-0.15, -0.1) is 11.3 Å². The molecule has 7 nitrogen and oxygen atoms in total. The van der Waals surface area contributed by atoms with Gasteiger partial charge in [0.1, 0.15) is 0 Å². The Morgan fingerprint density at radius 2 is 1.91 bits per heavy atom. The van der Waals surface area contributed by atoms with Crippen LogP contribution in [0.3, 0.4) is 0 Å². The van der Waals surface area contributed by atoms with E-state index in [0.717, 1.165) is 49.9 Å². The zero-order valence-electron chi connectivity index (χ0n) is 20.1. The standard InChI is InChI=1S/C25H36N4O3S/c1-4-9-29-18(2)14-20(19(29)3)21-17-33-24(26-21)27-22(30)15-25(7-5-6-8-25)16-23(31)28-10-12-32-13-11-28/h14,17H,4-13,15-16H2,1-3H3,(H,26,27,30). The molecule has 1 saturated heterocycles. The van der Waals surface area contributed by atoms with Gasteiger partial charge in [0.2, 0.25) is 11.8 Å². The third-order valence-electron chi connectivity index (χ3n) is 7.14. The van der Waals surface area contributed by atoms with E-state index in [1.807, 2.05) is 10.3 Å². The Kier molecular flexibility index (Phi) is 7.54. The van der Waals surface area contributed by atoms with Crippen molar-refractivity contribution < 1.29 is 14.3 Å². The first kappa shape index (κ1) is 24.0. The second-order valence-electron chi connectivity index (χ2n) is 9.58. The Labute approximate surface area is 200 Å². The second kappa shape index (κ2) is 10.4. The van der Waals surface area contributed by atoms with E-state index < -0.39 is 0 Å². The molecule has 8 heteroatoms. The van der Waals surface area contributed by atoms with Crippen LogP contribution >= 0.6 is 11.3 Å². The number of amides is 2. The fourth-order valence-corrected chi connectivity index (χ4v) is 6.10. The van der Waals surface area contributed by atoms with Gasteiger partial charge in [-0.05, 0) is 44.6 Å². The quantitative estimate of drug-likeness (QED) is 0.600. The number of hydrogen-bond donors (Lipinski definition) is 1. The van der Waals surface area contributed by atoms with Crippen LogP contribution in [0.1, 0.15) is 63.3 Å². The number of anilines is 1. The lowest BCUT2D eigenvalue weighted by Crippen LogP contribution is -2.43. The number of thiazole rings is 1. The van der Waals surface area contributed by atoms with E-state index in [1.54, 1.807) is 0 Å². The molecule has 0 atom stereocenters. The van der Waals surface area contributed by atoms with E-state index in [-0.39, 0.29) is 17.2 Å². The van der Waals surface area contributed by atoms with Crippen molar-refractivity contribution in [3.05, 3.63) is 22.8 Å². The van der Waals surface area contributed by atoms with Crippen LogP contribution in [0.2, 0.25) is 0 Å². The molecule has 3 heterocycles. The maximum absolute atomic E-state index is 13.0. The Morgan fingerprint density at radius 1 is 1.18 bits per heavy atom. The smallest absolute Gasteiger partial charge is 0.226 e. The van der Waals surface area contributed by atoms with Crippen LogP contribution in [0.25, 0.3) is 11.3 Å². The first-order valence-corrected chi connectivity index (χ1v) is 13.1. The zero-order valence-corrected chi connectivity index (χ0v) is 20.9. The fraction of sp³-hybridized carbons (Fsp3) is 0.640. The van der Waals surface area contributed by atoms with Gasteiger partial charge in [-0.2, -0.15) is 0 Å². The summed E-state index contributed by atoms with van der Waals surface area (Å²) in [7, 11) is 0. The summed E-state index contributed by atoms with van der Waals surface area (Å²) in [5.41, 5.74) is 4.25. The molecule has 2 amide bonds. The number of hydrogen-bond acceptors (Lipinski definition) is 5. The van der Waals surface area contributed by atoms with Crippen LogP contribution < -0.4 is 5.32 Å². The summed E-state index contributed by atoms with van der Waals surface area (Å²) in [5.74, 6) is 0.121. The van der Waals surface area contributed by atoms with Crippen molar-refractivity contribution >= 4 is 28.3 Å². The minimum Gasteiger partial charge on any atom is -0.378 e. The van der Waals surface area contributed by atoms with E-state index in [0.29, 0.717) is 44.3 Å². The molecule has 1 N–H and O–H groups in total. The van der Waals surface area contributed by atoms with Gasteiger partial charge >= 0.3 is 0 Å². The molecule has 0 aromatic carbocycles. The monoisotopic (exact) mass is 472 g/mol. The topological polar surface area (TPSA) is 76.5 Å². The van der Waals surface area contributed by atoms with Gasteiger partial charge in [0, 0.05) is 54.8 Å². The molecule has 33 heavy (non-hydrogen) atoms. The van der Waals surface area contributed by atoms with Crippen molar-refractivity contribution in [2.45, 2.75) is 72.3 Å². The lowest BCUT2D eigenvalue weighted by molar-refractivity contribution is -0.138. The summed E-state index contributed by atoms with van der Waals surface area (Å²) in [4.78, 5) is 32.5. The summed E-state index contributed by atoms with van der Waals surface area (Å²) in [6.07, 6.45) is 5.95. The lowest BCUT2D eigenvalue weighted by atomic mass is 9.78. The Morgan fingerprint density at radius 3 is 2.61 bits per heavy atom. The third kappa shape index (κ3) is 5.49. The van der Waals surface area contributed by atoms with Crippen molar-refractivity contribution in [3.63, 3.8) is 0 Å². The number of nitrogens with zero attached hydrogens (tertiary/aromatic N) is 3. The Bertz CT molecular complexity index is 984. The van der Waals surface area contributed by atoms with Gasteiger partial charge in [-0.1, -0.05) is 19.8 Å². The van der Waals surface area contributed by atoms with Crippen LogP contribution in [0.15, 0.2) is 11.4 Å². The lowest BCUT2D eigenvalue weighted by Gasteiger charge is -2.33. The van der Waals surface area contributed by atoms with Crippen LogP contribution in [0.4, 0.5) is 5.13 Å². The van der Waals surface area contributed by atoms with Gasteiger partial charge in [0.05, 0.1) is 18.9 Å². The summed E-state index contributed by atoms with van der Waals surface area (Å²) >= 11 is 1.46. The first-order valence-electron chi connectivity index (χ1n) is 12.2. The third-order valence-corrected chi connectivity index (χ3v) is 7.89. The molecule has 2 aliphatic rings. The number of nitrogens with one attached hydrogen (secondary N) is 1. The molecule has 0 unspecified atom stereocenters. The van der Waals surface area contributed by atoms with Gasteiger partial charge < -0.3 is 19.5 Å². The van der Waals surface area contributed by atoms with Crippen molar-refractivity contribution in [1.29, 1.82) is 0 Å². The van der Waals surface area contributed by atoms with Crippen LogP contribution in [0.5, 0.6) is 0 Å². The first-order chi connectivity index (χ1) is 15.9. The molecular weight excluding hydrogens is 436 g/mol. The maximum atomic E-state index is 13.0. The summed E-state index contributed by atoms with van der Waals surface area (Å²) in [5, 5.41) is 5.66. The molecule has 180 valence electrons. The summed E-state index contributed by atoms with van der Waals surface area (Å²) < 4.78 is 7.69. The molecule has 0 bridgehead atoms. The number of morpholine rings is 1. The molecule has 2 aromatic rings. The molecule has 1 aliphatic carbocycles.